The molecule has 0 fully saturated rings. The van der Waals surface area contributed by atoms with Gasteiger partial charge >= 0.3 is 0 Å². The molecule has 1 heterocycles. The van der Waals surface area contributed by atoms with E-state index < -0.39 is 0 Å². The summed E-state index contributed by atoms with van der Waals surface area (Å²) in [5.74, 6) is 1.34. The van der Waals surface area contributed by atoms with E-state index in [0.717, 1.165) is 16.3 Å². The van der Waals surface area contributed by atoms with Gasteiger partial charge in [-0.2, -0.15) is 0 Å². The molecule has 0 saturated heterocycles. The smallest absolute Gasteiger partial charge is 0.226 e. The van der Waals surface area contributed by atoms with Crippen molar-refractivity contribution in [3.8, 4) is 11.5 Å². The van der Waals surface area contributed by atoms with Gasteiger partial charge in [0.15, 0.2) is 11.5 Å². The van der Waals surface area contributed by atoms with Gasteiger partial charge in [0.25, 0.3) is 0 Å². The lowest BCUT2D eigenvalue weighted by Gasteiger charge is -2.10. The molecule has 0 aliphatic carbocycles. The molecule has 24 heavy (non-hydrogen) atoms. The third-order valence-corrected chi connectivity index (χ3v) is 4.58. The van der Waals surface area contributed by atoms with Crippen LogP contribution in [0.5, 0.6) is 11.5 Å². The number of nitrogens with one attached hydrogen (secondary N) is 1. The average Bonchev–Trinajstić information content (AvgIpc) is 3.03. The Morgan fingerprint density at radius 1 is 1.33 bits per heavy atom. The highest BCUT2D eigenvalue weighted by molar-refractivity contribution is 7.09. The second-order valence-electron chi connectivity index (χ2n) is 5.43. The molecule has 130 valence electrons. The molecule has 1 atom stereocenters. The molecule has 7 heteroatoms. The fourth-order valence-corrected chi connectivity index (χ4v) is 3.00. The number of benzene rings is 1. The molecular weight excluding hydrogens is 326 g/mol. The zero-order valence-corrected chi connectivity index (χ0v) is 15.0. The maximum absolute atomic E-state index is 12.0. The molecule has 2 aromatic rings. The van der Waals surface area contributed by atoms with E-state index in [4.69, 9.17) is 15.2 Å². The van der Waals surface area contributed by atoms with Gasteiger partial charge in [-0.05, 0) is 31.0 Å². The first kappa shape index (κ1) is 18.2. The maximum atomic E-state index is 12.0. The predicted octanol–water partition coefficient (Wildman–Crippen LogP) is 2.08. The van der Waals surface area contributed by atoms with E-state index in [1.165, 1.54) is 11.3 Å². The summed E-state index contributed by atoms with van der Waals surface area (Å²) < 4.78 is 10.5. The third kappa shape index (κ3) is 4.94. The highest BCUT2D eigenvalue weighted by Crippen LogP contribution is 2.27. The highest BCUT2D eigenvalue weighted by Gasteiger charge is 2.10. The molecule has 3 N–H and O–H groups in total. The van der Waals surface area contributed by atoms with Crippen LogP contribution in [0.4, 0.5) is 0 Å². The minimum Gasteiger partial charge on any atom is -0.493 e. The Morgan fingerprint density at radius 3 is 2.71 bits per heavy atom. The van der Waals surface area contributed by atoms with E-state index in [0.29, 0.717) is 24.5 Å². The summed E-state index contributed by atoms with van der Waals surface area (Å²) in [5, 5.41) is 5.64. The van der Waals surface area contributed by atoms with Crippen LogP contribution in [-0.4, -0.2) is 31.7 Å². The Balaban J connectivity index is 1.81. The topological polar surface area (TPSA) is 86.5 Å². The molecule has 0 bridgehead atoms. The van der Waals surface area contributed by atoms with Crippen LogP contribution in [-0.2, 0) is 17.6 Å². The lowest BCUT2D eigenvalue weighted by Crippen LogP contribution is -2.27. The molecule has 1 unspecified atom stereocenters. The van der Waals surface area contributed by atoms with Gasteiger partial charge in [-0.15, -0.1) is 11.3 Å². The minimum atomic E-state index is -0.100. The number of carbonyl (C=O) groups is 1. The van der Waals surface area contributed by atoms with Gasteiger partial charge in [0.2, 0.25) is 5.91 Å². The summed E-state index contributed by atoms with van der Waals surface area (Å²) >= 11 is 1.49. The van der Waals surface area contributed by atoms with Gasteiger partial charge < -0.3 is 20.5 Å². The zero-order valence-electron chi connectivity index (χ0n) is 14.2. The first-order valence-electron chi connectivity index (χ1n) is 7.71. The Hall–Kier alpha value is -2.12. The minimum absolute atomic E-state index is 0.0444. The SMILES string of the molecule is COc1ccc(CCNC(=O)Cc2csc(C(C)N)n2)cc1OC. The monoisotopic (exact) mass is 349 g/mol. The molecule has 0 aliphatic rings. The molecule has 0 spiro atoms. The van der Waals surface area contributed by atoms with Gasteiger partial charge in [0, 0.05) is 11.9 Å². The third-order valence-electron chi connectivity index (χ3n) is 3.48. The highest BCUT2D eigenvalue weighted by atomic mass is 32.1. The normalized spacial score (nSPS) is 11.8. The molecule has 1 aromatic carbocycles. The van der Waals surface area contributed by atoms with E-state index in [2.05, 4.69) is 10.3 Å². The number of nitrogens with zero attached hydrogens (tertiary/aromatic N) is 1. The molecule has 1 aromatic heterocycles. The van der Waals surface area contributed by atoms with Crippen molar-refractivity contribution >= 4 is 17.2 Å². The Bertz CT molecular complexity index is 685. The molecule has 6 nitrogen and oxygen atoms in total. The molecule has 0 aliphatic heterocycles. The van der Waals surface area contributed by atoms with E-state index in [1.807, 2.05) is 30.5 Å². The van der Waals surface area contributed by atoms with Crippen LogP contribution < -0.4 is 20.5 Å². The molecular formula is C17H23N3O3S. The first-order valence-corrected chi connectivity index (χ1v) is 8.59. The van der Waals surface area contributed by atoms with Gasteiger partial charge in [-0.3, -0.25) is 4.79 Å². The average molecular weight is 349 g/mol. The number of hydrogen-bond acceptors (Lipinski definition) is 6. The van der Waals surface area contributed by atoms with Crippen molar-refractivity contribution in [2.24, 2.45) is 5.73 Å². The van der Waals surface area contributed by atoms with Crippen molar-refractivity contribution < 1.29 is 14.3 Å². The van der Waals surface area contributed by atoms with E-state index in [9.17, 15) is 4.79 Å². The standard InChI is InChI=1S/C17H23N3O3S/c1-11(18)17-20-13(10-24-17)9-16(21)19-7-6-12-4-5-14(22-2)15(8-12)23-3/h4-5,8,10-11H,6-7,9,18H2,1-3H3,(H,19,21). The molecule has 0 radical (unpaired) electrons. The summed E-state index contributed by atoms with van der Waals surface area (Å²) in [7, 11) is 3.21. The van der Waals surface area contributed by atoms with Gasteiger partial charge in [-0.25, -0.2) is 4.98 Å². The number of hydrogen-bond donors (Lipinski definition) is 2. The fraction of sp³-hybridized carbons (Fsp3) is 0.412. The number of nitrogens with two attached hydrogens (primary N) is 1. The number of ether oxygens (including phenoxy) is 2. The number of methoxy groups -OCH3 is 2. The van der Waals surface area contributed by atoms with Crippen LogP contribution in [0.3, 0.4) is 0 Å². The second kappa shape index (κ2) is 8.65. The first-order chi connectivity index (χ1) is 11.5. The number of amides is 1. The largest absolute Gasteiger partial charge is 0.493 e. The lowest BCUT2D eigenvalue weighted by atomic mass is 10.1. The van der Waals surface area contributed by atoms with E-state index in [-0.39, 0.29) is 18.4 Å². The second-order valence-corrected chi connectivity index (χ2v) is 6.32. The fourth-order valence-electron chi connectivity index (χ4n) is 2.22. The zero-order chi connectivity index (χ0) is 17.5. The van der Waals surface area contributed by atoms with Crippen molar-refractivity contribution in [3.05, 3.63) is 39.8 Å². The lowest BCUT2D eigenvalue weighted by molar-refractivity contribution is -0.120. The quantitative estimate of drug-likeness (QED) is 0.762. The van der Waals surface area contributed by atoms with Gasteiger partial charge in [0.1, 0.15) is 5.01 Å². The van der Waals surface area contributed by atoms with E-state index >= 15 is 0 Å². The van der Waals surface area contributed by atoms with Crippen molar-refractivity contribution in [1.29, 1.82) is 0 Å². The van der Waals surface area contributed by atoms with Crippen LogP contribution >= 0.6 is 11.3 Å². The summed E-state index contributed by atoms with van der Waals surface area (Å²) in [6, 6.07) is 5.64. The molecule has 2 rings (SSSR count). The van der Waals surface area contributed by atoms with Crippen LogP contribution in [0.25, 0.3) is 0 Å². The number of aromatic nitrogens is 1. The van der Waals surface area contributed by atoms with Crippen molar-refractivity contribution in [2.75, 3.05) is 20.8 Å². The Kier molecular flexibility index (Phi) is 6.57. The van der Waals surface area contributed by atoms with Crippen LogP contribution in [0.2, 0.25) is 0 Å². The number of carbonyl (C=O) groups excluding carboxylic acids is 1. The van der Waals surface area contributed by atoms with Crippen LogP contribution in [0.1, 0.15) is 29.2 Å². The van der Waals surface area contributed by atoms with Gasteiger partial charge in [0.05, 0.1) is 32.4 Å². The van der Waals surface area contributed by atoms with Crippen LogP contribution in [0.15, 0.2) is 23.6 Å². The summed E-state index contributed by atoms with van der Waals surface area (Å²) in [6.45, 7) is 2.43. The summed E-state index contributed by atoms with van der Waals surface area (Å²) in [5.41, 5.74) is 7.61. The maximum Gasteiger partial charge on any atom is 0.226 e. The van der Waals surface area contributed by atoms with Gasteiger partial charge in [-0.1, -0.05) is 6.07 Å². The molecule has 0 saturated carbocycles. The number of rotatable bonds is 8. The van der Waals surface area contributed by atoms with E-state index in [1.54, 1.807) is 14.2 Å². The predicted molar refractivity (Wildman–Crippen MR) is 94.7 cm³/mol. The Morgan fingerprint density at radius 2 is 2.08 bits per heavy atom. The molecule has 1 amide bonds. The van der Waals surface area contributed by atoms with Crippen LogP contribution in [0, 0.1) is 0 Å². The van der Waals surface area contributed by atoms with Crippen molar-refractivity contribution in [1.82, 2.24) is 10.3 Å². The summed E-state index contributed by atoms with van der Waals surface area (Å²) in [6.07, 6.45) is 0.989. The number of thiazole rings is 1. The Labute approximate surface area is 146 Å². The summed E-state index contributed by atoms with van der Waals surface area (Å²) in [4.78, 5) is 16.3. The van der Waals surface area contributed by atoms with Crippen molar-refractivity contribution in [3.63, 3.8) is 0 Å². The van der Waals surface area contributed by atoms with Crippen molar-refractivity contribution in [2.45, 2.75) is 25.8 Å².